The molecule has 0 amide bonds. The molecule has 4 heteroatoms. The van der Waals surface area contributed by atoms with Crippen LogP contribution in [0.3, 0.4) is 0 Å². The number of nitrogens with zero attached hydrogens (tertiary/aromatic N) is 1. The monoisotopic (exact) mass is 222 g/mol. The maximum Gasteiger partial charge on any atom is 0.253 e. The van der Waals surface area contributed by atoms with E-state index in [1.54, 1.807) is 0 Å². The predicted octanol–water partition coefficient (Wildman–Crippen LogP) is 0.701. The van der Waals surface area contributed by atoms with Crippen molar-refractivity contribution >= 4 is 0 Å². The average Bonchev–Trinajstić information content (AvgIpc) is 2.30. The van der Waals surface area contributed by atoms with Gasteiger partial charge in [-0.2, -0.15) is 5.10 Å². The lowest BCUT2D eigenvalue weighted by Gasteiger charge is -2.16. The summed E-state index contributed by atoms with van der Waals surface area (Å²) in [5.74, 6) is 0. The lowest BCUT2D eigenvalue weighted by atomic mass is 9.94. The van der Waals surface area contributed by atoms with Crippen LogP contribution in [0.4, 0.5) is 0 Å². The van der Waals surface area contributed by atoms with Gasteiger partial charge < -0.3 is 5.48 Å². The van der Waals surface area contributed by atoms with Gasteiger partial charge in [0.15, 0.2) is 6.54 Å². The summed E-state index contributed by atoms with van der Waals surface area (Å²) in [5.41, 5.74) is 3.64. The summed E-state index contributed by atoms with van der Waals surface area (Å²) in [6.45, 7) is 0.998. The Hall–Kier alpha value is -1.16. The molecule has 0 aromatic carbocycles. The summed E-state index contributed by atoms with van der Waals surface area (Å²) in [7, 11) is 0. The molecule has 1 aliphatic carbocycles. The van der Waals surface area contributed by atoms with Crippen LogP contribution in [-0.2, 0) is 25.8 Å². The lowest BCUT2D eigenvalue weighted by Crippen LogP contribution is -2.51. The van der Waals surface area contributed by atoms with Gasteiger partial charge in [-0.15, -0.1) is 4.68 Å². The average molecular weight is 222 g/mol. The van der Waals surface area contributed by atoms with Crippen molar-refractivity contribution in [2.45, 2.75) is 51.5 Å². The van der Waals surface area contributed by atoms with Crippen molar-refractivity contribution in [3.63, 3.8) is 0 Å². The minimum atomic E-state index is 0. The van der Waals surface area contributed by atoms with Crippen LogP contribution in [0, 0.1) is 0 Å². The second-order valence-corrected chi connectivity index (χ2v) is 4.66. The van der Waals surface area contributed by atoms with E-state index in [0.717, 1.165) is 37.1 Å². The first-order valence-corrected chi connectivity index (χ1v) is 6.03. The Morgan fingerprint density at radius 3 is 2.62 bits per heavy atom. The van der Waals surface area contributed by atoms with Crippen molar-refractivity contribution in [2.75, 3.05) is 0 Å². The summed E-state index contributed by atoms with van der Waals surface area (Å²) in [6.07, 6.45) is 7.78. The van der Waals surface area contributed by atoms with E-state index in [9.17, 15) is 4.79 Å². The topological polar surface area (TPSA) is 66.7 Å². The maximum atomic E-state index is 12.2. The van der Waals surface area contributed by atoms with Gasteiger partial charge in [-0.3, -0.25) is 4.79 Å². The van der Waals surface area contributed by atoms with Gasteiger partial charge in [0.1, 0.15) is 0 Å². The summed E-state index contributed by atoms with van der Waals surface area (Å²) in [5, 5.41) is 3.44. The molecule has 0 unspecified atom stereocenters. The van der Waals surface area contributed by atoms with Crippen molar-refractivity contribution in [3.05, 3.63) is 27.2 Å². The quantitative estimate of drug-likeness (QED) is 0.657. The van der Waals surface area contributed by atoms with E-state index < -0.39 is 0 Å². The number of aromatic nitrogens is 2. The number of H-pyrrole nitrogens is 1. The molecule has 1 aromatic heterocycles. The lowest BCUT2D eigenvalue weighted by molar-refractivity contribution is -0.766. The number of rotatable bonds is 0. The number of nitrogens with one attached hydrogen (secondary N) is 1. The minimum absolute atomic E-state index is 0. The third-order valence-corrected chi connectivity index (χ3v) is 3.65. The first-order valence-electron chi connectivity index (χ1n) is 6.03. The highest BCUT2D eigenvalue weighted by Crippen LogP contribution is 2.16. The zero-order chi connectivity index (χ0) is 10.3. The van der Waals surface area contributed by atoms with Gasteiger partial charge in [0.05, 0.1) is 5.69 Å². The van der Waals surface area contributed by atoms with Crippen molar-refractivity contribution in [3.8, 4) is 0 Å². The molecule has 3 rings (SSSR count). The van der Waals surface area contributed by atoms with Gasteiger partial charge in [0.2, 0.25) is 0 Å². The van der Waals surface area contributed by atoms with E-state index >= 15 is 0 Å². The standard InChI is InChI=1S/C12H16N2O.H2O/c15-12-9-5-1-2-6-10(9)13-14-8-4-3-7-11(12)14;/h1-8H2;1H2. The fourth-order valence-corrected chi connectivity index (χ4v) is 2.81. The summed E-state index contributed by atoms with van der Waals surface area (Å²) in [4.78, 5) is 12.2. The number of hydrogen-bond donors (Lipinski definition) is 1. The molecule has 0 bridgehead atoms. The molecule has 1 aliphatic heterocycles. The Bertz CT molecular complexity index is 414. The number of aryl methyl sites for hydroxylation is 2. The van der Waals surface area contributed by atoms with E-state index in [1.807, 2.05) is 0 Å². The molecular formula is C12H18N2O2. The predicted molar refractivity (Wildman–Crippen MR) is 58.8 cm³/mol. The van der Waals surface area contributed by atoms with E-state index in [4.69, 9.17) is 0 Å². The van der Waals surface area contributed by atoms with Crippen LogP contribution < -0.4 is 10.1 Å². The van der Waals surface area contributed by atoms with Crippen LogP contribution >= 0.6 is 0 Å². The molecule has 0 atom stereocenters. The fraction of sp³-hybridized carbons (Fsp3) is 0.667. The molecule has 0 fully saturated rings. The molecule has 2 heterocycles. The third-order valence-electron chi connectivity index (χ3n) is 3.65. The van der Waals surface area contributed by atoms with Crippen molar-refractivity contribution in [1.29, 1.82) is 0 Å². The number of fused-ring (bicyclic) bond motifs is 2. The zero-order valence-corrected chi connectivity index (χ0v) is 9.46. The second kappa shape index (κ2) is 4.37. The van der Waals surface area contributed by atoms with Crippen LogP contribution in [0.5, 0.6) is 0 Å². The largest absolute Gasteiger partial charge is 0.870 e. The van der Waals surface area contributed by atoms with E-state index in [2.05, 4.69) is 9.78 Å². The van der Waals surface area contributed by atoms with Gasteiger partial charge in [-0.05, 0) is 32.1 Å². The van der Waals surface area contributed by atoms with Crippen LogP contribution in [0.15, 0.2) is 4.79 Å². The Balaban J connectivity index is 0.000000963. The Labute approximate surface area is 94.6 Å². The molecule has 2 N–H and O–H groups in total. The second-order valence-electron chi connectivity index (χ2n) is 4.66. The van der Waals surface area contributed by atoms with Crippen LogP contribution in [0.1, 0.15) is 42.6 Å². The third kappa shape index (κ3) is 1.67. The van der Waals surface area contributed by atoms with E-state index in [-0.39, 0.29) is 5.48 Å². The van der Waals surface area contributed by atoms with Gasteiger partial charge in [0.25, 0.3) is 11.1 Å². The molecule has 0 saturated heterocycles. The Kier molecular flexibility index (Phi) is 3.10. The number of hydrogen-bond acceptors (Lipinski definition) is 2. The van der Waals surface area contributed by atoms with Crippen molar-refractivity contribution in [1.82, 2.24) is 5.10 Å². The highest BCUT2D eigenvalue weighted by molar-refractivity contribution is 5.22. The summed E-state index contributed by atoms with van der Waals surface area (Å²) in [6, 6.07) is 0. The van der Waals surface area contributed by atoms with E-state index in [1.165, 1.54) is 31.4 Å². The molecule has 88 valence electrons. The minimum Gasteiger partial charge on any atom is -0.870 e. The fourth-order valence-electron chi connectivity index (χ4n) is 2.81. The van der Waals surface area contributed by atoms with Crippen LogP contribution in [-0.4, -0.2) is 10.6 Å². The molecule has 4 nitrogen and oxygen atoms in total. The van der Waals surface area contributed by atoms with E-state index in [0.29, 0.717) is 5.43 Å². The summed E-state index contributed by atoms with van der Waals surface area (Å²) >= 11 is 0. The zero-order valence-electron chi connectivity index (χ0n) is 9.46. The highest BCUT2D eigenvalue weighted by atomic mass is 16.1. The molecular weight excluding hydrogens is 204 g/mol. The first-order chi connectivity index (χ1) is 7.36. The van der Waals surface area contributed by atoms with Gasteiger partial charge in [-0.25, -0.2) is 0 Å². The molecule has 0 saturated carbocycles. The molecule has 2 aliphatic rings. The molecule has 0 radical (unpaired) electrons. The number of aromatic amines is 1. The van der Waals surface area contributed by atoms with Crippen LogP contribution in [0.25, 0.3) is 0 Å². The molecule has 16 heavy (non-hydrogen) atoms. The Morgan fingerprint density at radius 2 is 1.75 bits per heavy atom. The summed E-state index contributed by atoms with van der Waals surface area (Å²) < 4.78 is 2.09. The molecule has 0 spiro atoms. The highest BCUT2D eigenvalue weighted by Gasteiger charge is 2.26. The molecule has 1 aromatic rings. The first kappa shape index (κ1) is 11.3. The van der Waals surface area contributed by atoms with Gasteiger partial charge in [-0.1, -0.05) is 0 Å². The van der Waals surface area contributed by atoms with Gasteiger partial charge >= 0.3 is 0 Å². The SMILES string of the molecule is O=c1c2c([nH][n+]3c1CCCC3)CCCC2.[OH-]. The smallest absolute Gasteiger partial charge is 0.253 e. The van der Waals surface area contributed by atoms with Crippen molar-refractivity contribution in [2.24, 2.45) is 0 Å². The van der Waals surface area contributed by atoms with Crippen molar-refractivity contribution < 1.29 is 10.2 Å². The maximum absolute atomic E-state index is 12.2. The van der Waals surface area contributed by atoms with Gasteiger partial charge in [0, 0.05) is 18.4 Å². The van der Waals surface area contributed by atoms with Crippen LogP contribution in [0.2, 0.25) is 0 Å². The Morgan fingerprint density at radius 1 is 1.00 bits per heavy atom. The normalized spacial score (nSPS) is 18.2.